The van der Waals surface area contributed by atoms with E-state index in [0.29, 0.717) is 5.56 Å². The van der Waals surface area contributed by atoms with E-state index in [2.05, 4.69) is 5.32 Å². The SMILES string of the molecule is CO[C@@H](C)C(=O)N[C@@H](c1ccccc1)c1c(O)ccc2ccccc12. The standard InChI is InChI=1S/C21H21NO3/c1-14(25-2)21(24)22-20(16-9-4-3-5-10-16)19-17-11-7-6-8-15(17)12-13-18(19)23/h3-14,20,23H,1-2H3,(H,22,24)/t14-,20-/m0/s1. The van der Waals surface area contributed by atoms with E-state index in [0.717, 1.165) is 16.3 Å². The number of hydrogen-bond acceptors (Lipinski definition) is 3. The molecule has 0 saturated heterocycles. The van der Waals surface area contributed by atoms with Crippen LogP contribution in [-0.2, 0) is 9.53 Å². The van der Waals surface area contributed by atoms with Crippen LogP contribution in [0.15, 0.2) is 66.7 Å². The van der Waals surface area contributed by atoms with E-state index in [4.69, 9.17) is 4.74 Å². The molecule has 3 aromatic rings. The normalized spacial score (nSPS) is 13.4. The molecule has 0 aromatic heterocycles. The molecule has 0 aliphatic rings. The van der Waals surface area contributed by atoms with Gasteiger partial charge in [0.1, 0.15) is 11.9 Å². The van der Waals surface area contributed by atoms with Gasteiger partial charge in [-0.3, -0.25) is 4.79 Å². The summed E-state index contributed by atoms with van der Waals surface area (Å²) in [6.45, 7) is 1.69. The summed E-state index contributed by atoms with van der Waals surface area (Å²) in [5.41, 5.74) is 1.58. The van der Waals surface area contributed by atoms with Crippen molar-refractivity contribution >= 4 is 16.7 Å². The number of carbonyl (C=O) groups excluding carboxylic acids is 1. The summed E-state index contributed by atoms with van der Waals surface area (Å²) in [4.78, 5) is 12.5. The second kappa shape index (κ2) is 7.36. The molecular formula is C21H21NO3. The van der Waals surface area contributed by atoms with E-state index < -0.39 is 12.1 Å². The smallest absolute Gasteiger partial charge is 0.249 e. The number of amides is 1. The van der Waals surface area contributed by atoms with E-state index in [-0.39, 0.29) is 11.7 Å². The van der Waals surface area contributed by atoms with E-state index in [1.54, 1.807) is 13.0 Å². The molecule has 0 spiro atoms. The Balaban J connectivity index is 2.15. The molecule has 25 heavy (non-hydrogen) atoms. The predicted molar refractivity (Wildman–Crippen MR) is 98.5 cm³/mol. The molecule has 2 N–H and O–H groups in total. The molecule has 0 radical (unpaired) electrons. The van der Waals surface area contributed by atoms with Gasteiger partial charge < -0.3 is 15.2 Å². The first-order valence-electron chi connectivity index (χ1n) is 8.20. The third-order valence-corrected chi connectivity index (χ3v) is 4.38. The highest BCUT2D eigenvalue weighted by Crippen LogP contribution is 2.35. The van der Waals surface area contributed by atoms with Crippen molar-refractivity contribution < 1.29 is 14.6 Å². The van der Waals surface area contributed by atoms with Gasteiger partial charge in [0.05, 0.1) is 6.04 Å². The van der Waals surface area contributed by atoms with Gasteiger partial charge in [-0.25, -0.2) is 0 Å². The predicted octanol–water partition coefficient (Wildman–Crippen LogP) is 3.79. The Bertz CT molecular complexity index is 877. The van der Waals surface area contributed by atoms with Crippen molar-refractivity contribution in [2.75, 3.05) is 7.11 Å². The van der Waals surface area contributed by atoms with Crippen molar-refractivity contribution in [1.29, 1.82) is 0 Å². The molecule has 3 aromatic carbocycles. The van der Waals surface area contributed by atoms with E-state index in [9.17, 15) is 9.90 Å². The number of phenols is 1. The van der Waals surface area contributed by atoms with Crippen molar-refractivity contribution in [3.8, 4) is 5.75 Å². The average molecular weight is 335 g/mol. The van der Waals surface area contributed by atoms with Gasteiger partial charge >= 0.3 is 0 Å². The molecule has 4 heteroatoms. The van der Waals surface area contributed by atoms with Crippen molar-refractivity contribution in [1.82, 2.24) is 5.32 Å². The van der Waals surface area contributed by atoms with Crippen molar-refractivity contribution in [2.24, 2.45) is 0 Å². The summed E-state index contributed by atoms with van der Waals surface area (Å²) in [5.74, 6) is -0.0818. The van der Waals surface area contributed by atoms with Crippen LogP contribution in [-0.4, -0.2) is 24.2 Å². The molecule has 0 fully saturated rings. The maximum atomic E-state index is 12.5. The Kier molecular flexibility index (Phi) is 5.00. The van der Waals surface area contributed by atoms with Crippen LogP contribution in [0.5, 0.6) is 5.75 Å². The molecule has 4 nitrogen and oxygen atoms in total. The van der Waals surface area contributed by atoms with Gasteiger partial charge in [0.25, 0.3) is 0 Å². The summed E-state index contributed by atoms with van der Waals surface area (Å²) in [7, 11) is 1.50. The minimum absolute atomic E-state index is 0.151. The fourth-order valence-corrected chi connectivity index (χ4v) is 2.92. The van der Waals surface area contributed by atoms with Gasteiger partial charge in [-0.1, -0.05) is 60.7 Å². The third-order valence-electron chi connectivity index (χ3n) is 4.38. The Hall–Kier alpha value is -2.85. The molecule has 3 rings (SSSR count). The fraction of sp³-hybridized carbons (Fsp3) is 0.190. The summed E-state index contributed by atoms with van der Waals surface area (Å²) in [5, 5.41) is 15.5. The number of benzene rings is 3. The number of hydrogen-bond donors (Lipinski definition) is 2. The van der Waals surface area contributed by atoms with Crippen LogP contribution < -0.4 is 5.32 Å². The minimum Gasteiger partial charge on any atom is -0.508 e. The van der Waals surface area contributed by atoms with Crippen LogP contribution in [0.1, 0.15) is 24.1 Å². The summed E-state index contributed by atoms with van der Waals surface area (Å²) in [6, 6.07) is 20.5. The highest BCUT2D eigenvalue weighted by atomic mass is 16.5. The lowest BCUT2D eigenvalue weighted by atomic mass is 9.92. The minimum atomic E-state index is -0.580. The van der Waals surface area contributed by atoms with Crippen LogP contribution in [0.2, 0.25) is 0 Å². The Morgan fingerprint density at radius 3 is 2.40 bits per heavy atom. The molecule has 0 saturated carbocycles. The number of methoxy groups -OCH3 is 1. The van der Waals surface area contributed by atoms with Gasteiger partial charge in [-0.05, 0) is 29.3 Å². The fourth-order valence-electron chi connectivity index (χ4n) is 2.92. The highest BCUT2D eigenvalue weighted by molar-refractivity contribution is 5.90. The number of fused-ring (bicyclic) bond motifs is 1. The van der Waals surface area contributed by atoms with E-state index >= 15 is 0 Å². The molecule has 0 bridgehead atoms. The summed E-state index contributed by atoms with van der Waals surface area (Å²) < 4.78 is 5.13. The van der Waals surface area contributed by atoms with Gasteiger partial charge in [0, 0.05) is 12.7 Å². The largest absolute Gasteiger partial charge is 0.508 e. The maximum Gasteiger partial charge on any atom is 0.249 e. The lowest BCUT2D eigenvalue weighted by molar-refractivity contribution is -0.130. The second-order valence-corrected chi connectivity index (χ2v) is 5.95. The monoisotopic (exact) mass is 335 g/mol. The molecule has 0 heterocycles. The quantitative estimate of drug-likeness (QED) is 0.746. The average Bonchev–Trinajstić information content (AvgIpc) is 2.66. The zero-order valence-corrected chi connectivity index (χ0v) is 14.3. The van der Waals surface area contributed by atoms with Crippen LogP contribution in [0.4, 0.5) is 0 Å². The molecule has 0 unspecified atom stereocenters. The number of rotatable bonds is 5. The number of carbonyl (C=O) groups is 1. The zero-order valence-electron chi connectivity index (χ0n) is 14.3. The summed E-state index contributed by atoms with van der Waals surface area (Å²) >= 11 is 0. The van der Waals surface area contributed by atoms with E-state index in [1.807, 2.05) is 60.7 Å². The topological polar surface area (TPSA) is 58.6 Å². The first-order chi connectivity index (χ1) is 12.1. The highest BCUT2D eigenvalue weighted by Gasteiger charge is 2.24. The first kappa shape index (κ1) is 17.0. The first-order valence-corrected chi connectivity index (χ1v) is 8.20. The summed E-state index contributed by atoms with van der Waals surface area (Å²) in [6.07, 6.45) is -0.580. The van der Waals surface area contributed by atoms with Crippen LogP contribution >= 0.6 is 0 Å². The molecule has 1 amide bonds. The van der Waals surface area contributed by atoms with Crippen LogP contribution in [0, 0.1) is 0 Å². The van der Waals surface area contributed by atoms with Gasteiger partial charge in [0.2, 0.25) is 5.91 Å². The van der Waals surface area contributed by atoms with Gasteiger partial charge in [-0.2, -0.15) is 0 Å². The maximum absolute atomic E-state index is 12.5. The molecule has 0 aliphatic carbocycles. The number of ether oxygens (including phenoxy) is 1. The lowest BCUT2D eigenvalue weighted by Gasteiger charge is -2.24. The number of nitrogens with one attached hydrogen (secondary N) is 1. The molecule has 0 aliphatic heterocycles. The second-order valence-electron chi connectivity index (χ2n) is 5.95. The zero-order chi connectivity index (χ0) is 17.8. The Labute approximate surface area is 147 Å². The van der Waals surface area contributed by atoms with Crippen molar-refractivity contribution in [3.05, 3.63) is 77.9 Å². The third kappa shape index (κ3) is 3.49. The molecule has 128 valence electrons. The number of phenolic OH excluding ortho intramolecular Hbond substituents is 1. The van der Waals surface area contributed by atoms with Crippen molar-refractivity contribution in [2.45, 2.75) is 19.1 Å². The molecule has 2 atom stereocenters. The van der Waals surface area contributed by atoms with Gasteiger partial charge in [0.15, 0.2) is 0 Å². The Morgan fingerprint density at radius 1 is 1.00 bits per heavy atom. The van der Waals surface area contributed by atoms with Crippen LogP contribution in [0.25, 0.3) is 10.8 Å². The van der Waals surface area contributed by atoms with E-state index in [1.165, 1.54) is 7.11 Å². The van der Waals surface area contributed by atoms with Crippen molar-refractivity contribution in [3.63, 3.8) is 0 Å². The van der Waals surface area contributed by atoms with Crippen LogP contribution in [0.3, 0.4) is 0 Å². The number of aromatic hydroxyl groups is 1. The lowest BCUT2D eigenvalue weighted by Crippen LogP contribution is -2.37. The Morgan fingerprint density at radius 2 is 1.68 bits per heavy atom. The van der Waals surface area contributed by atoms with Gasteiger partial charge in [-0.15, -0.1) is 0 Å². The molecular weight excluding hydrogens is 314 g/mol.